The lowest BCUT2D eigenvalue weighted by atomic mass is 10.1. The number of fused-ring (bicyclic) bond motifs is 1. The van der Waals surface area contributed by atoms with Crippen LogP contribution in [0.1, 0.15) is 18.2 Å². The lowest BCUT2D eigenvalue weighted by Crippen LogP contribution is -2.23. The second-order valence-electron chi connectivity index (χ2n) is 7.29. The number of H-pyrrole nitrogens is 2. The quantitative estimate of drug-likeness (QED) is 0.479. The van der Waals surface area contributed by atoms with Crippen LogP contribution in [0.25, 0.3) is 45.8 Å². The van der Waals surface area contributed by atoms with Crippen molar-refractivity contribution in [3.8, 4) is 17.1 Å². The van der Waals surface area contributed by atoms with E-state index in [0.717, 1.165) is 55.5 Å². The lowest BCUT2D eigenvalue weighted by molar-refractivity contribution is 1.06. The molecule has 5 aromatic heterocycles. The predicted octanol–water partition coefficient (Wildman–Crippen LogP) is 3.14. The van der Waals surface area contributed by atoms with Gasteiger partial charge in [-0.15, -0.1) is 0 Å². The number of nitrogens with zero attached hydrogens (tertiary/aromatic N) is 5. The van der Waals surface area contributed by atoms with Crippen molar-refractivity contribution < 1.29 is 0 Å². The van der Waals surface area contributed by atoms with Crippen LogP contribution >= 0.6 is 0 Å². The summed E-state index contributed by atoms with van der Waals surface area (Å²) in [4.78, 5) is 16.4. The monoisotopic (exact) mass is 407 g/mol. The number of hydrogen-bond donors (Lipinski definition) is 2. The molecule has 31 heavy (non-hydrogen) atoms. The zero-order chi connectivity index (χ0) is 21.4. The fraction of sp³-hybridized carbons (Fsp3) is 0.0833. The Morgan fingerprint density at radius 1 is 1.13 bits per heavy atom. The molecule has 0 aliphatic rings. The zero-order valence-electron chi connectivity index (χ0n) is 17.3. The molecule has 5 heterocycles. The molecule has 5 aromatic rings. The summed E-state index contributed by atoms with van der Waals surface area (Å²) in [6.45, 7) is 8.19. The van der Waals surface area contributed by atoms with Crippen LogP contribution in [0.2, 0.25) is 0 Å². The van der Waals surface area contributed by atoms with E-state index in [2.05, 4.69) is 42.8 Å². The van der Waals surface area contributed by atoms with Gasteiger partial charge in [-0.3, -0.25) is 10.1 Å². The highest BCUT2D eigenvalue weighted by Crippen LogP contribution is 2.25. The number of nitrogens with one attached hydrogen (secondary N) is 2. The Hall–Kier alpha value is -4.26. The Morgan fingerprint density at radius 3 is 2.71 bits per heavy atom. The molecule has 7 heteroatoms. The molecule has 0 spiro atoms. The van der Waals surface area contributed by atoms with E-state index in [9.17, 15) is 0 Å². The number of aryl methyl sites for hydroxylation is 1. The van der Waals surface area contributed by atoms with Crippen molar-refractivity contribution in [1.82, 2.24) is 34.7 Å². The van der Waals surface area contributed by atoms with E-state index in [1.54, 1.807) is 18.6 Å². The van der Waals surface area contributed by atoms with E-state index in [1.807, 2.05) is 61.3 Å². The Labute approximate surface area is 178 Å². The van der Waals surface area contributed by atoms with Gasteiger partial charge in [0.05, 0.1) is 28.8 Å². The molecule has 0 saturated carbocycles. The van der Waals surface area contributed by atoms with Gasteiger partial charge in [-0.2, -0.15) is 5.10 Å². The fourth-order valence-corrected chi connectivity index (χ4v) is 3.68. The first-order valence-electron chi connectivity index (χ1n) is 9.95. The summed E-state index contributed by atoms with van der Waals surface area (Å²) in [5.41, 5.74) is 6.36. The van der Waals surface area contributed by atoms with E-state index in [0.29, 0.717) is 0 Å². The largest absolute Gasteiger partial charge is 0.338 e. The van der Waals surface area contributed by atoms with Crippen LogP contribution in [0.5, 0.6) is 0 Å². The molecular formula is C24H21N7. The van der Waals surface area contributed by atoms with Crippen LogP contribution in [0.15, 0.2) is 62.0 Å². The number of pyridine rings is 2. The zero-order valence-corrected chi connectivity index (χ0v) is 17.3. The number of hydrogen-bond acceptors (Lipinski definition) is 4. The van der Waals surface area contributed by atoms with E-state index < -0.39 is 0 Å². The van der Waals surface area contributed by atoms with Gasteiger partial charge in [0, 0.05) is 35.4 Å². The normalized spacial score (nSPS) is 12.7. The van der Waals surface area contributed by atoms with Crippen molar-refractivity contribution >= 4 is 28.8 Å². The van der Waals surface area contributed by atoms with Crippen LogP contribution in [0, 0.1) is 6.92 Å². The predicted molar refractivity (Wildman–Crippen MR) is 123 cm³/mol. The summed E-state index contributed by atoms with van der Waals surface area (Å²) in [5, 5.41) is 10.6. The number of rotatable bonds is 4. The van der Waals surface area contributed by atoms with Gasteiger partial charge in [-0.05, 0) is 55.3 Å². The highest BCUT2D eigenvalue weighted by Gasteiger charge is 2.13. The molecule has 0 atom stereocenters. The van der Waals surface area contributed by atoms with Crippen molar-refractivity contribution in [2.24, 2.45) is 0 Å². The Balaban J connectivity index is 1.68. The summed E-state index contributed by atoms with van der Waals surface area (Å²) >= 11 is 0. The number of imidazole rings is 1. The van der Waals surface area contributed by atoms with E-state index in [-0.39, 0.29) is 0 Å². The second kappa shape index (κ2) is 7.53. The summed E-state index contributed by atoms with van der Waals surface area (Å²) in [6, 6.07) is 7.95. The maximum atomic E-state index is 4.59. The number of aromatic amines is 2. The lowest BCUT2D eigenvalue weighted by Gasteiger charge is -2.02. The van der Waals surface area contributed by atoms with Crippen LogP contribution < -0.4 is 10.6 Å². The first kappa shape index (κ1) is 18.7. The van der Waals surface area contributed by atoms with Gasteiger partial charge >= 0.3 is 0 Å². The standard InChI is InChI=1S/C24H21N7/c1-4-20-18(11-15(2)17-5-8-25-9-6-17)23(30-29-20)21-12-19-22(7-10-26-24(19)28-21)31-13-16(3)27-14-31/h4-14,29H,2H2,1,3H3,(H,26,28)/b18-11+,20-4+. The second-order valence-corrected chi connectivity index (χ2v) is 7.29. The maximum Gasteiger partial charge on any atom is 0.139 e. The molecule has 0 amide bonds. The number of allylic oxidation sites excluding steroid dienone is 1. The van der Waals surface area contributed by atoms with Crippen molar-refractivity contribution in [2.75, 3.05) is 0 Å². The average Bonchev–Trinajstić information content (AvgIpc) is 3.51. The van der Waals surface area contributed by atoms with Gasteiger partial charge in [-0.1, -0.05) is 12.7 Å². The van der Waals surface area contributed by atoms with Crippen LogP contribution in [0.3, 0.4) is 0 Å². The summed E-state index contributed by atoms with van der Waals surface area (Å²) in [6.07, 6.45) is 13.2. The minimum atomic E-state index is 0.794. The minimum absolute atomic E-state index is 0.794. The average molecular weight is 407 g/mol. The van der Waals surface area contributed by atoms with Crippen molar-refractivity contribution in [2.45, 2.75) is 13.8 Å². The summed E-state index contributed by atoms with van der Waals surface area (Å²) < 4.78 is 2.01. The van der Waals surface area contributed by atoms with Gasteiger partial charge in [0.2, 0.25) is 0 Å². The number of aromatic nitrogens is 7. The molecule has 5 rings (SSSR count). The van der Waals surface area contributed by atoms with Gasteiger partial charge in [0.15, 0.2) is 0 Å². The van der Waals surface area contributed by atoms with Crippen molar-refractivity contribution in [1.29, 1.82) is 0 Å². The molecule has 0 aliphatic heterocycles. The Morgan fingerprint density at radius 2 is 1.97 bits per heavy atom. The van der Waals surface area contributed by atoms with Gasteiger partial charge < -0.3 is 9.55 Å². The van der Waals surface area contributed by atoms with E-state index in [1.165, 1.54) is 0 Å². The molecule has 152 valence electrons. The highest BCUT2D eigenvalue weighted by molar-refractivity contribution is 5.91. The maximum absolute atomic E-state index is 4.59. The molecule has 0 radical (unpaired) electrons. The van der Waals surface area contributed by atoms with Crippen molar-refractivity contribution in [3.05, 3.63) is 83.8 Å². The molecule has 7 nitrogen and oxygen atoms in total. The third-order valence-corrected chi connectivity index (χ3v) is 5.25. The molecule has 0 saturated heterocycles. The van der Waals surface area contributed by atoms with E-state index >= 15 is 0 Å². The minimum Gasteiger partial charge on any atom is -0.338 e. The van der Waals surface area contributed by atoms with Crippen LogP contribution in [-0.4, -0.2) is 34.7 Å². The Bertz CT molecular complexity index is 1520. The molecule has 0 fully saturated rings. The molecule has 0 aliphatic carbocycles. The highest BCUT2D eigenvalue weighted by atomic mass is 15.1. The van der Waals surface area contributed by atoms with Gasteiger partial charge in [0.25, 0.3) is 0 Å². The summed E-state index contributed by atoms with van der Waals surface area (Å²) in [5.74, 6) is 0. The topological polar surface area (TPSA) is 88.1 Å². The molecule has 0 aromatic carbocycles. The van der Waals surface area contributed by atoms with Crippen LogP contribution in [-0.2, 0) is 0 Å². The SMILES string of the molecule is C=C(/C=c1/c(-c2cc3c(-n4cnc(C)c4)ccnc3[nH]2)n[nH]/c1=C/C)c1ccncc1. The van der Waals surface area contributed by atoms with Gasteiger partial charge in [-0.25, -0.2) is 9.97 Å². The van der Waals surface area contributed by atoms with Crippen LogP contribution in [0.4, 0.5) is 0 Å². The van der Waals surface area contributed by atoms with Gasteiger partial charge in [0.1, 0.15) is 11.3 Å². The fourth-order valence-electron chi connectivity index (χ4n) is 3.68. The van der Waals surface area contributed by atoms with E-state index in [4.69, 9.17) is 0 Å². The Kier molecular flexibility index (Phi) is 4.55. The molecular weight excluding hydrogens is 386 g/mol. The molecule has 0 unspecified atom stereocenters. The molecule has 0 bridgehead atoms. The summed E-state index contributed by atoms with van der Waals surface area (Å²) in [7, 11) is 0. The smallest absolute Gasteiger partial charge is 0.139 e. The third-order valence-electron chi connectivity index (χ3n) is 5.25. The third kappa shape index (κ3) is 3.36. The first-order valence-corrected chi connectivity index (χ1v) is 9.95. The van der Waals surface area contributed by atoms with Crippen molar-refractivity contribution in [3.63, 3.8) is 0 Å². The first-order chi connectivity index (χ1) is 15.1. The molecule has 2 N–H and O–H groups in total.